The molecule has 1 unspecified atom stereocenters. The van der Waals surface area contributed by atoms with Crippen molar-refractivity contribution < 1.29 is 14.7 Å². The minimum Gasteiger partial charge on any atom is -0.481 e. The number of carboxylic acid groups (broad SMARTS) is 1. The van der Waals surface area contributed by atoms with Gasteiger partial charge in [-0.05, 0) is 19.1 Å². The second-order valence-corrected chi connectivity index (χ2v) is 7.68. The van der Waals surface area contributed by atoms with Crippen molar-refractivity contribution in [3.8, 4) is 9.88 Å². The monoisotopic (exact) mass is 358 g/mol. The molecule has 0 aliphatic carbocycles. The SMILES string of the molecule is Cc1nc(-c2ccc(Cl)s2)sc1C(=O)N(C)CC(C)C(=O)O. The van der Waals surface area contributed by atoms with Crippen LogP contribution in [0.25, 0.3) is 9.88 Å². The van der Waals surface area contributed by atoms with Crippen LogP contribution in [0, 0.1) is 12.8 Å². The summed E-state index contributed by atoms with van der Waals surface area (Å²) in [4.78, 5) is 30.6. The predicted octanol–water partition coefficient (Wildman–Crippen LogP) is 3.63. The molecule has 2 aromatic rings. The molecule has 118 valence electrons. The molecule has 0 aromatic carbocycles. The summed E-state index contributed by atoms with van der Waals surface area (Å²) >= 11 is 8.63. The highest BCUT2D eigenvalue weighted by molar-refractivity contribution is 7.24. The van der Waals surface area contributed by atoms with Gasteiger partial charge in [-0.25, -0.2) is 4.98 Å². The number of hydrogen-bond donors (Lipinski definition) is 1. The lowest BCUT2D eigenvalue weighted by Crippen LogP contribution is -2.33. The van der Waals surface area contributed by atoms with Crippen LogP contribution in [0.1, 0.15) is 22.3 Å². The number of nitrogens with zero attached hydrogens (tertiary/aromatic N) is 2. The molecule has 2 heterocycles. The highest BCUT2D eigenvalue weighted by Crippen LogP contribution is 2.35. The lowest BCUT2D eigenvalue weighted by Gasteiger charge is -2.18. The molecular weight excluding hydrogens is 344 g/mol. The number of thiophene rings is 1. The van der Waals surface area contributed by atoms with E-state index in [1.807, 2.05) is 6.07 Å². The van der Waals surface area contributed by atoms with Crippen LogP contribution in [-0.4, -0.2) is 40.5 Å². The molecule has 2 aromatic heterocycles. The van der Waals surface area contributed by atoms with Crippen molar-refractivity contribution in [2.75, 3.05) is 13.6 Å². The first kappa shape index (κ1) is 16.9. The minimum absolute atomic E-state index is 0.158. The number of thiazole rings is 1. The van der Waals surface area contributed by atoms with Crippen molar-refractivity contribution in [1.29, 1.82) is 0 Å². The maximum absolute atomic E-state index is 12.5. The smallest absolute Gasteiger partial charge is 0.308 e. The number of amides is 1. The predicted molar refractivity (Wildman–Crippen MR) is 88.9 cm³/mol. The molecule has 0 saturated heterocycles. The Hall–Kier alpha value is -1.44. The molecule has 0 aliphatic heterocycles. The summed E-state index contributed by atoms with van der Waals surface area (Å²) < 4.78 is 0.670. The Bertz CT molecular complexity index is 711. The third-order valence-electron chi connectivity index (χ3n) is 3.09. The van der Waals surface area contributed by atoms with Gasteiger partial charge in [-0.15, -0.1) is 22.7 Å². The summed E-state index contributed by atoms with van der Waals surface area (Å²) in [6.45, 7) is 3.51. The molecule has 0 saturated carbocycles. The van der Waals surface area contributed by atoms with Crippen LogP contribution in [0.15, 0.2) is 12.1 Å². The molecule has 0 radical (unpaired) electrons. The molecule has 0 aliphatic rings. The summed E-state index contributed by atoms with van der Waals surface area (Å²) in [6.07, 6.45) is 0. The van der Waals surface area contributed by atoms with Gasteiger partial charge in [-0.1, -0.05) is 18.5 Å². The standard InChI is InChI=1S/C14H15ClN2O3S2/c1-7(14(19)20)6-17(3)13(18)11-8(2)16-12(22-11)9-4-5-10(15)21-9/h4-5,7H,6H2,1-3H3,(H,19,20). The first-order valence-corrected chi connectivity index (χ1v) is 8.52. The average Bonchev–Trinajstić information content (AvgIpc) is 3.03. The number of carbonyl (C=O) groups is 2. The third-order valence-corrected chi connectivity index (χ3v) is 5.64. The number of aliphatic carboxylic acids is 1. The molecule has 22 heavy (non-hydrogen) atoms. The molecule has 2 rings (SSSR count). The Kier molecular flexibility index (Phi) is 5.20. The van der Waals surface area contributed by atoms with Crippen LogP contribution in [0.3, 0.4) is 0 Å². The summed E-state index contributed by atoms with van der Waals surface area (Å²) in [5, 5.41) is 9.68. The normalized spacial score (nSPS) is 12.2. The van der Waals surface area contributed by atoms with Gasteiger partial charge in [0.25, 0.3) is 5.91 Å². The maximum Gasteiger partial charge on any atom is 0.308 e. The van der Waals surface area contributed by atoms with Crippen LogP contribution in [0.4, 0.5) is 0 Å². The Morgan fingerprint density at radius 2 is 2.09 bits per heavy atom. The molecule has 1 amide bonds. The zero-order valence-corrected chi connectivity index (χ0v) is 14.7. The van der Waals surface area contributed by atoms with E-state index in [9.17, 15) is 9.59 Å². The van der Waals surface area contributed by atoms with Gasteiger partial charge < -0.3 is 10.0 Å². The van der Waals surface area contributed by atoms with E-state index >= 15 is 0 Å². The Labute approximate surface area is 141 Å². The fraction of sp³-hybridized carbons (Fsp3) is 0.357. The zero-order chi connectivity index (χ0) is 16.4. The molecule has 1 N–H and O–H groups in total. The number of aromatic nitrogens is 1. The lowest BCUT2D eigenvalue weighted by atomic mass is 10.2. The molecule has 8 heteroatoms. The van der Waals surface area contributed by atoms with E-state index in [2.05, 4.69) is 4.98 Å². The van der Waals surface area contributed by atoms with Gasteiger partial charge in [0.1, 0.15) is 9.88 Å². The van der Waals surface area contributed by atoms with E-state index < -0.39 is 11.9 Å². The van der Waals surface area contributed by atoms with Gasteiger partial charge in [-0.3, -0.25) is 9.59 Å². The van der Waals surface area contributed by atoms with Gasteiger partial charge in [-0.2, -0.15) is 0 Å². The minimum atomic E-state index is -0.922. The number of hydrogen-bond acceptors (Lipinski definition) is 5. The fourth-order valence-corrected chi connectivity index (χ4v) is 4.03. The zero-order valence-electron chi connectivity index (χ0n) is 12.3. The Balaban J connectivity index is 2.20. The van der Waals surface area contributed by atoms with Crippen molar-refractivity contribution >= 4 is 46.2 Å². The van der Waals surface area contributed by atoms with Gasteiger partial charge in [0, 0.05) is 13.6 Å². The molecule has 0 spiro atoms. The van der Waals surface area contributed by atoms with Crippen LogP contribution >= 0.6 is 34.3 Å². The maximum atomic E-state index is 12.5. The number of halogens is 1. The van der Waals surface area contributed by atoms with Crippen molar-refractivity contribution in [2.45, 2.75) is 13.8 Å². The quantitative estimate of drug-likeness (QED) is 0.886. The largest absolute Gasteiger partial charge is 0.481 e. The molecule has 0 bridgehead atoms. The molecule has 0 fully saturated rings. The van der Waals surface area contributed by atoms with E-state index in [-0.39, 0.29) is 12.5 Å². The highest BCUT2D eigenvalue weighted by atomic mass is 35.5. The van der Waals surface area contributed by atoms with Crippen molar-refractivity contribution in [2.24, 2.45) is 5.92 Å². The van der Waals surface area contributed by atoms with Crippen LogP contribution in [0.2, 0.25) is 4.34 Å². The summed E-state index contributed by atoms with van der Waals surface area (Å²) in [5.74, 6) is -1.75. The van der Waals surface area contributed by atoms with E-state index in [1.54, 1.807) is 27.0 Å². The summed E-state index contributed by atoms with van der Waals surface area (Å²) in [6, 6.07) is 3.66. The highest BCUT2D eigenvalue weighted by Gasteiger charge is 2.23. The van der Waals surface area contributed by atoms with Crippen LogP contribution in [0.5, 0.6) is 0 Å². The van der Waals surface area contributed by atoms with Crippen LogP contribution < -0.4 is 0 Å². The van der Waals surface area contributed by atoms with Gasteiger partial charge in [0.15, 0.2) is 0 Å². The Morgan fingerprint density at radius 1 is 1.41 bits per heavy atom. The molecular formula is C14H15ClN2O3S2. The lowest BCUT2D eigenvalue weighted by molar-refractivity contribution is -0.141. The van der Waals surface area contributed by atoms with E-state index in [1.165, 1.54) is 27.6 Å². The van der Waals surface area contributed by atoms with E-state index in [0.29, 0.717) is 14.9 Å². The number of carbonyl (C=O) groups excluding carboxylic acids is 1. The van der Waals surface area contributed by atoms with Crippen molar-refractivity contribution in [3.05, 3.63) is 27.0 Å². The first-order valence-electron chi connectivity index (χ1n) is 6.51. The number of rotatable bonds is 5. The Morgan fingerprint density at radius 3 is 2.64 bits per heavy atom. The number of aryl methyl sites for hydroxylation is 1. The first-order chi connectivity index (χ1) is 10.3. The average molecular weight is 359 g/mol. The van der Waals surface area contributed by atoms with Gasteiger partial charge in [0.2, 0.25) is 0 Å². The second-order valence-electron chi connectivity index (χ2n) is 4.96. The second kappa shape index (κ2) is 6.76. The number of carboxylic acids is 1. The van der Waals surface area contributed by atoms with Crippen molar-refractivity contribution in [3.63, 3.8) is 0 Å². The molecule has 1 atom stereocenters. The topological polar surface area (TPSA) is 70.5 Å². The summed E-state index contributed by atoms with van der Waals surface area (Å²) in [7, 11) is 1.60. The van der Waals surface area contributed by atoms with Crippen molar-refractivity contribution in [1.82, 2.24) is 9.88 Å². The third kappa shape index (κ3) is 3.66. The fourth-order valence-electron chi connectivity index (χ4n) is 1.87. The molecule has 5 nitrogen and oxygen atoms in total. The summed E-state index contributed by atoms with van der Waals surface area (Å²) in [5.41, 5.74) is 0.643. The van der Waals surface area contributed by atoms with E-state index in [4.69, 9.17) is 16.7 Å². The van der Waals surface area contributed by atoms with E-state index in [0.717, 1.165) is 9.88 Å². The van der Waals surface area contributed by atoms with Crippen LogP contribution in [-0.2, 0) is 4.79 Å². The van der Waals surface area contributed by atoms with Gasteiger partial charge in [0.05, 0.1) is 20.8 Å². The van der Waals surface area contributed by atoms with Gasteiger partial charge >= 0.3 is 5.97 Å².